The molecule has 0 saturated carbocycles. The molecule has 1 unspecified atom stereocenters. The molecular weight excluding hydrogens is 652 g/mol. The average Bonchev–Trinajstić information content (AvgIpc) is 3.30. The Labute approximate surface area is 280 Å². The van der Waals surface area contributed by atoms with E-state index in [4.69, 9.17) is 4.74 Å². The molecule has 3 heterocycles. The Morgan fingerprint density at radius 1 is 0.837 bits per heavy atom. The van der Waals surface area contributed by atoms with E-state index in [1.165, 1.54) is 32.0 Å². The maximum Gasteiger partial charge on any atom is 0.328 e. The predicted octanol–water partition coefficient (Wildman–Crippen LogP) is 5.25. The van der Waals surface area contributed by atoms with E-state index in [0.29, 0.717) is 27.9 Å². The standard InChI is InChI=1S/C36H33F2N5O5S/c1-23-17-30(27-19-29(38)34(44)43(21-27)20-24-13-14-31-32(18-24)42(3)36(45)41(31)2)40-35(39-23)49(46,47)16-15-33(25-9-5-4-6-10-25)48-22-26-11-7-8-12-28(26)37/h4-14,17-19,21,33H,15-16,20,22H2,1-3H3. The number of benzene rings is 3. The van der Waals surface area contributed by atoms with Crippen molar-refractivity contribution in [2.75, 3.05) is 5.75 Å². The van der Waals surface area contributed by atoms with Crippen LogP contribution in [0, 0.1) is 18.6 Å². The summed E-state index contributed by atoms with van der Waals surface area (Å²) >= 11 is 0. The molecule has 6 aromatic rings. The van der Waals surface area contributed by atoms with Crippen LogP contribution in [0.3, 0.4) is 0 Å². The molecule has 3 aromatic heterocycles. The number of aryl methyl sites for hydroxylation is 3. The van der Waals surface area contributed by atoms with Crippen molar-refractivity contribution in [2.45, 2.75) is 37.8 Å². The van der Waals surface area contributed by atoms with Crippen LogP contribution in [-0.2, 0) is 41.8 Å². The van der Waals surface area contributed by atoms with Crippen LogP contribution in [0.25, 0.3) is 22.3 Å². The Balaban J connectivity index is 1.26. The van der Waals surface area contributed by atoms with Gasteiger partial charge in [0.05, 0.1) is 41.7 Å². The highest BCUT2D eigenvalue weighted by Gasteiger charge is 2.24. The van der Waals surface area contributed by atoms with Crippen LogP contribution >= 0.6 is 0 Å². The maximum absolute atomic E-state index is 15.0. The number of aromatic nitrogens is 5. The molecule has 0 saturated heterocycles. The second kappa shape index (κ2) is 13.7. The molecule has 0 amide bonds. The lowest BCUT2D eigenvalue weighted by atomic mass is 10.1. The molecule has 6 rings (SSSR count). The minimum Gasteiger partial charge on any atom is -0.369 e. The summed E-state index contributed by atoms with van der Waals surface area (Å²) in [5.74, 6) is -1.84. The highest BCUT2D eigenvalue weighted by molar-refractivity contribution is 7.91. The lowest BCUT2D eigenvalue weighted by Crippen LogP contribution is -2.23. The third-order valence-corrected chi connectivity index (χ3v) is 9.87. The summed E-state index contributed by atoms with van der Waals surface area (Å²) in [5, 5.41) is -0.447. The molecule has 49 heavy (non-hydrogen) atoms. The summed E-state index contributed by atoms with van der Waals surface area (Å²) in [7, 11) is -0.773. The smallest absolute Gasteiger partial charge is 0.328 e. The van der Waals surface area contributed by atoms with Gasteiger partial charge in [-0.15, -0.1) is 0 Å². The van der Waals surface area contributed by atoms with E-state index >= 15 is 4.39 Å². The lowest BCUT2D eigenvalue weighted by Gasteiger charge is -2.19. The fourth-order valence-electron chi connectivity index (χ4n) is 5.71. The monoisotopic (exact) mass is 685 g/mol. The van der Waals surface area contributed by atoms with Crippen LogP contribution in [-0.4, -0.2) is 37.8 Å². The first-order valence-corrected chi connectivity index (χ1v) is 17.1. The van der Waals surface area contributed by atoms with E-state index < -0.39 is 38.3 Å². The van der Waals surface area contributed by atoms with Gasteiger partial charge in [0.15, 0.2) is 5.82 Å². The van der Waals surface area contributed by atoms with Crippen LogP contribution in [0.5, 0.6) is 0 Å². The van der Waals surface area contributed by atoms with Crippen LogP contribution in [0.2, 0.25) is 0 Å². The third-order valence-electron chi connectivity index (χ3n) is 8.36. The zero-order chi connectivity index (χ0) is 34.9. The first kappa shape index (κ1) is 33.6. The van der Waals surface area contributed by atoms with Gasteiger partial charge in [-0.05, 0) is 54.8 Å². The summed E-state index contributed by atoms with van der Waals surface area (Å²) in [4.78, 5) is 33.7. The Hall–Kier alpha value is -5.27. The molecule has 10 nitrogen and oxygen atoms in total. The van der Waals surface area contributed by atoms with Crippen molar-refractivity contribution < 1.29 is 21.9 Å². The molecule has 0 aliphatic carbocycles. The van der Waals surface area contributed by atoms with Crippen molar-refractivity contribution >= 4 is 20.9 Å². The number of sulfone groups is 1. The van der Waals surface area contributed by atoms with Gasteiger partial charge in [-0.1, -0.05) is 54.6 Å². The molecule has 0 radical (unpaired) electrons. The minimum atomic E-state index is -4.08. The molecule has 13 heteroatoms. The van der Waals surface area contributed by atoms with Gasteiger partial charge < -0.3 is 9.30 Å². The summed E-state index contributed by atoms with van der Waals surface area (Å²) in [5.41, 5.74) is 2.65. The molecule has 0 spiro atoms. The Morgan fingerprint density at radius 2 is 1.55 bits per heavy atom. The molecule has 0 aliphatic rings. The molecular formula is C36H33F2N5O5S. The fourth-order valence-corrected chi connectivity index (χ4v) is 6.93. The van der Waals surface area contributed by atoms with Gasteiger partial charge >= 0.3 is 5.69 Å². The zero-order valence-electron chi connectivity index (χ0n) is 27.0. The topological polar surface area (TPSA) is 118 Å². The second-order valence-electron chi connectivity index (χ2n) is 11.8. The maximum atomic E-state index is 15.0. The van der Waals surface area contributed by atoms with Crippen LogP contribution in [0.4, 0.5) is 8.78 Å². The number of imidazole rings is 1. The van der Waals surface area contributed by atoms with Gasteiger partial charge in [0.2, 0.25) is 15.0 Å². The highest BCUT2D eigenvalue weighted by Crippen LogP contribution is 2.26. The number of ether oxygens (including phenoxy) is 1. The SMILES string of the molecule is Cc1cc(-c2cc(F)c(=O)n(Cc3ccc4c(c3)n(C)c(=O)n4C)c2)nc(S(=O)(=O)CCC(OCc2ccccc2F)c2ccccc2)n1. The number of hydrogen-bond donors (Lipinski definition) is 0. The van der Waals surface area contributed by atoms with Gasteiger partial charge in [0.25, 0.3) is 5.56 Å². The Bertz CT molecular complexity index is 2410. The van der Waals surface area contributed by atoms with Crippen LogP contribution in [0.15, 0.2) is 106 Å². The van der Waals surface area contributed by atoms with Gasteiger partial charge in [-0.2, -0.15) is 0 Å². The number of fused-ring (bicyclic) bond motifs is 1. The van der Waals surface area contributed by atoms with Crippen molar-refractivity contribution in [3.05, 3.63) is 146 Å². The van der Waals surface area contributed by atoms with Gasteiger partial charge in [0.1, 0.15) is 5.82 Å². The van der Waals surface area contributed by atoms with Crippen LogP contribution in [0.1, 0.15) is 34.9 Å². The molecule has 0 N–H and O–H groups in total. The minimum absolute atomic E-state index is 0.00834. The van der Waals surface area contributed by atoms with Gasteiger partial charge in [0, 0.05) is 37.1 Å². The zero-order valence-corrected chi connectivity index (χ0v) is 27.8. The molecule has 252 valence electrons. The number of halogens is 2. The summed E-state index contributed by atoms with van der Waals surface area (Å²) in [6.45, 7) is 1.53. The second-order valence-corrected chi connectivity index (χ2v) is 13.8. The van der Waals surface area contributed by atoms with Crippen molar-refractivity contribution in [3.63, 3.8) is 0 Å². The van der Waals surface area contributed by atoms with E-state index in [1.54, 1.807) is 69.6 Å². The Kier molecular flexibility index (Phi) is 9.39. The van der Waals surface area contributed by atoms with E-state index in [-0.39, 0.29) is 42.3 Å². The number of nitrogens with zero attached hydrogens (tertiary/aromatic N) is 5. The summed E-state index contributed by atoms with van der Waals surface area (Å²) in [6.07, 6.45) is 0.777. The third kappa shape index (κ3) is 7.13. The van der Waals surface area contributed by atoms with Crippen molar-refractivity contribution in [1.29, 1.82) is 0 Å². The normalized spacial score (nSPS) is 12.4. The van der Waals surface area contributed by atoms with E-state index in [0.717, 1.165) is 11.6 Å². The number of hydrogen-bond acceptors (Lipinski definition) is 7. The number of pyridine rings is 1. The first-order chi connectivity index (χ1) is 23.4. The molecule has 0 fully saturated rings. The highest BCUT2D eigenvalue weighted by atomic mass is 32.2. The first-order valence-electron chi connectivity index (χ1n) is 15.4. The van der Waals surface area contributed by atoms with Crippen molar-refractivity contribution in [3.8, 4) is 11.3 Å². The Morgan fingerprint density at radius 3 is 2.31 bits per heavy atom. The van der Waals surface area contributed by atoms with E-state index in [1.807, 2.05) is 18.2 Å². The lowest BCUT2D eigenvalue weighted by molar-refractivity contribution is 0.0361. The van der Waals surface area contributed by atoms with E-state index in [9.17, 15) is 22.4 Å². The summed E-state index contributed by atoms with van der Waals surface area (Å²) in [6, 6.07) is 23.1. The van der Waals surface area contributed by atoms with E-state index in [2.05, 4.69) is 9.97 Å². The molecule has 1 atom stereocenters. The summed E-state index contributed by atoms with van der Waals surface area (Å²) < 4.78 is 66.8. The molecule has 0 aliphatic heterocycles. The van der Waals surface area contributed by atoms with Gasteiger partial charge in [-0.3, -0.25) is 13.9 Å². The van der Waals surface area contributed by atoms with Crippen molar-refractivity contribution in [1.82, 2.24) is 23.7 Å². The van der Waals surface area contributed by atoms with Crippen molar-refractivity contribution in [2.24, 2.45) is 14.1 Å². The number of rotatable bonds is 11. The quantitative estimate of drug-likeness (QED) is 0.171. The largest absolute Gasteiger partial charge is 0.369 e. The fraction of sp³-hybridized carbons (Fsp3) is 0.222. The predicted molar refractivity (Wildman–Crippen MR) is 181 cm³/mol. The average molecular weight is 686 g/mol. The molecule has 0 bridgehead atoms. The molecule has 3 aromatic carbocycles. The van der Waals surface area contributed by atoms with Gasteiger partial charge in [-0.25, -0.2) is 32.0 Å². The van der Waals surface area contributed by atoms with Crippen LogP contribution < -0.4 is 11.2 Å².